The molecule has 6 nitrogen and oxygen atoms in total. The van der Waals surface area contributed by atoms with Crippen molar-refractivity contribution in [2.24, 2.45) is 5.92 Å². The highest BCUT2D eigenvalue weighted by Crippen LogP contribution is 2.24. The summed E-state index contributed by atoms with van der Waals surface area (Å²) in [5, 5.41) is 8.80. The van der Waals surface area contributed by atoms with Gasteiger partial charge in [0.05, 0.1) is 12.0 Å². The van der Waals surface area contributed by atoms with Gasteiger partial charge in [-0.15, -0.1) is 5.10 Å². The van der Waals surface area contributed by atoms with Gasteiger partial charge in [-0.3, -0.25) is 9.36 Å². The summed E-state index contributed by atoms with van der Waals surface area (Å²) in [6.07, 6.45) is 5.37. The Morgan fingerprint density at radius 2 is 1.88 bits per heavy atom. The number of aryl methyl sites for hydroxylation is 1. The minimum Gasteiger partial charge on any atom is -0.355 e. The molecule has 1 saturated heterocycles. The fraction of sp³-hybridized carbons (Fsp3) is 0.579. The van der Waals surface area contributed by atoms with Crippen molar-refractivity contribution >= 4 is 5.82 Å². The van der Waals surface area contributed by atoms with E-state index in [0.29, 0.717) is 11.5 Å². The third-order valence-electron chi connectivity index (χ3n) is 4.88. The van der Waals surface area contributed by atoms with Crippen LogP contribution in [0.4, 0.5) is 5.82 Å². The topological polar surface area (TPSA) is 63.9 Å². The average Bonchev–Trinajstić information content (AvgIpc) is 2.59. The van der Waals surface area contributed by atoms with Crippen LogP contribution in [-0.4, -0.2) is 32.8 Å². The molecule has 134 valence electrons. The molecule has 0 saturated carbocycles. The molecule has 2 aromatic rings. The molecule has 0 N–H and O–H groups in total. The normalized spacial score (nSPS) is 16.2. The van der Waals surface area contributed by atoms with Crippen LogP contribution in [0.3, 0.4) is 0 Å². The number of rotatable bonds is 3. The Labute approximate surface area is 148 Å². The highest BCUT2D eigenvalue weighted by atomic mass is 16.1. The van der Waals surface area contributed by atoms with Crippen LogP contribution in [0.25, 0.3) is 0 Å². The van der Waals surface area contributed by atoms with Gasteiger partial charge in [0.2, 0.25) is 0 Å². The molecule has 3 rings (SSSR count). The average molecular weight is 341 g/mol. The summed E-state index contributed by atoms with van der Waals surface area (Å²) in [6.45, 7) is 10.9. The van der Waals surface area contributed by atoms with Crippen LogP contribution >= 0.6 is 0 Å². The molecule has 3 heterocycles. The van der Waals surface area contributed by atoms with Gasteiger partial charge < -0.3 is 4.90 Å². The van der Waals surface area contributed by atoms with E-state index in [1.165, 1.54) is 0 Å². The molecular formula is C19H27N5O. The summed E-state index contributed by atoms with van der Waals surface area (Å²) in [5.41, 5.74) is 1.81. The lowest BCUT2D eigenvalue weighted by molar-refractivity contribution is 0.349. The van der Waals surface area contributed by atoms with Gasteiger partial charge in [-0.2, -0.15) is 5.10 Å². The summed E-state index contributed by atoms with van der Waals surface area (Å²) in [7, 11) is 0. The maximum Gasteiger partial charge on any atom is 0.256 e. The molecule has 1 aliphatic heterocycles. The van der Waals surface area contributed by atoms with E-state index >= 15 is 0 Å². The number of nitrogens with zero attached hydrogens (tertiary/aromatic N) is 5. The molecule has 0 atom stereocenters. The van der Waals surface area contributed by atoms with Crippen molar-refractivity contribution in [3.8, 4) is 0 Å². The smallest absolute Gasteiger partial charge is 0.256 e. The minimum absolute atomic E-state index is 0.0215. The highest BCUT2D eigenvalue weighted by molar-refractivity contribution is 5.38. The number of anilines is 1. The monoisotopic (exact) mass is 341 g/mol. The molecule has 2 aromatic heterocycles. The van der Waals surface area contributed by atoms with E-state index < -0.39 is 0 Å². The number of hydrogen-bond acceptors (Lipinski definition) is 5. The first kappa shape index (κ1) is 17.6. The zero-order chi connectivity index (χ0) is 18.0. The lowest BCUT2D eigenvalue weighted by Gasteiger charge is -2.33. The molecule has 6 heteroatoms. The second-order valence-corrected chi connectivity index (χ2v) is 7.99. The molecular weight excluding hydrogens is 314 g/mol. The van der Waals surface area contributed by atoms with Crippen molar-refractivity contribution in [3.63, 3.8) is 0 Å². The molecule has 0 radical (unpaired) electrons. The van der Waals surface area contributed by atoms with E-state index in [2.05, 4.69) is 53.0 Å². The lowest BCUT2D eigenvalue weighted by Crippen LogP contribution is -2.37. The predicted molar refractivity (Wildman–Crippen MR) is 98.9 cm³/mol. The van der Waals surface area contributed by atoms with Crippen molar-refractivity contribution in [3.05, 3.63) is 46.3 Å². The van der Waals surface area contributed by atoms with Crippen molar-refractivity contribution in [1.82, 2.24) is 19.7 Å². The van der Waals surface area contributed by atoms with Gasteiger partial charge in [0.15, 0.2) is 5.82 Å². The van der Waals surface area contributed by atoms with Crippen LogP contribution in [-0.2, 0) is 12.0 Å². The Bertz CT molecular complexity index is 768. The van der Waals surface area contributed by atoms with E-state index in [-0.39, 0.29) is 11.0 Å². The second kappa shape index (κ2) is 6.94. The fourth-order valence-corrected chi connectivity index (χ4v) is 3.21. The third-order valence-corrected chi connectivity index (χ3v) is 4.88. The summed E-state index contributed by atoms with van der Waals surface area (Å²) >= 11 is 0. The van der Waals surface area contributed by atoms with Gasteiger partial charge in [0, 0.05) is 36.8 Å². The van der Waals surface area contributed by atoms with Gasteiger partial charge in [-0.25, -0.2) is 4.98 Å². The molecule has 25 heavy (non-hydrogen) atoms. The number of piperidine rings is 1. The second-order valence-electron chi connectivity index (χ2n) is 7.99. The van der Waals surface area contributed by atoms with E-state index in [4.69, 9.17) is 0 Å². The lowest BCUT2D eigenvalue weighted by atomic mass is 9.92. The molecule has 0 bridgehead atoms. The Morgan fingerprint density at radius 1 is 1.16 bits per heavy atom. The molecule has 0 aliphatic carbocycles. The van der Waals surface area contributed by atoms with Crippen LogP contribution in [0.5, 0.6) is 0 Å². The first-order chi connectivity index (χ1) is 11.8. The van der Waals surface area contributed by atoms with Crippen LogP contribution in [0.15, 0.2) is 29.5 Å². The van der Waals surface area contributed by atoms with Crippen molar-refractivity contribution in [1.29, 1.82) is 0 Å². The minimum atomic E-state index is 0.0215. The Hall–Kier alpha value is -2.24. The summed E-state index contributed by atoms with van der Waals surface area (Å²) in [5.74, 6) is 1.44. The summed E-state index contributed by atoms with van der Waals surface area (Å²) in [6, 6.07) is 4.15. The number of aromatic nitrogens is 4. The Kier molecular flexibility index (Phi) is 4.88. The molecule has 0 amide bonds. The first-order valence-electron chi connectivity index (χ1n) is 8.95. The van der Waals surface area contributed by atoms with Gasteiger partial charge in [-0.05, 0) is 37.8 Å². The quantitative estimate of drug-likeness (QED) is 0.858. The summed E-state index contributed by atoms with van der Waals surface area (Å²) in [4.78, 5) is 18.6. The zero-order valence-electron chi connectivity index (χ0n) is 15.6. The van der Waals surface area contributed by atoms with Crippen LogP contribution in [0.1, 0.15) is 44.9 Å². The van der Waals surface area contributed by atoms with E-state index in [0.717, 1.165) is 44.0 Å². The van der Waals surface area contributed by atoms with Gasteiger partial charge in [0.1, 0.15) is 0 Å². The maximum absolute atomic E-state index is 12.1. The first-order valence-corrected chi connectivity index (χ1v) is 8.95. The largest absolute Gasteiger partial charge is 0.355 e. The van der Waals surface area contributed by atoms with Gasteiger partial charge in [-0.1, -0.05) is 20.8 Å². The molecule has 1 fully saturated rings. The molecule has 0 spiro atoms. The van der Waals surface area contributed by atoms with Crippen molar-refractivity contribution < 1.29 is 0 Å². The fourth-order valence-electron chi connectivity index (χ4n) is 3.21. The molecule has 0 unspecified atom stereocenters. The molecule has 1 aliphatic rings. The molecule has 0 aromatic carbocycles. The van der Waals surface area contributed by atoms with E-state index in [1.54, 1.807) is 17.1 Å². The van der Waals surface area contributed by atoms with Crippen molar-refractivity contribution in [2.75, 3.05) is 18.0 Å². The Balaban J connectivity index is 1.60. The SMILES string of the molecule is Cc1cncn(CC2CCN(c3ccc(C(C)(C)C)nn3)CC2)c1=O. The van der Waals surface area contributed by atoms with Gasteiger partial charge >= 0.3 is 0 Å². The van der Waals surface area contributed by atoms with Crippen molar-refractivity contribution in [2.45, 2.75) is 52.5 Å². The maximum atomic E-state index is 12.1. The Morgan fingerprint density at radius 3 is 2.48 bits per heavy atom. The summed E-state index contributed by atoms with van der Waals surface area (Å²) < 4.78 is 1.74. The zero-order valence-corrected chi connectivity index (χ0v) is 15.6. The third kappa shape index (κ3) is 4.06. The standard InChI is InChI=1S/C19H27N5O/c1-14-11-20-13-24(18(14)25)12-15-7-9-23(10-8-15)17-6-5-16(21-22-17)19(2,3)4/h5-6,11,13,15H,7-10,12H2,1-4H3. The number of hydrogen-bond donors (Lipinski definition) is 0. The highest BCUT2D eigenvalue weighted by Gasteiger charge is 2.22. The van der Waals surface area contributed by atoms with Crippen LogP contribution in [0.2, 0.25) is 0 Å². The predicted octanol–water partition coefficient (Wildman–Crippen LogP) is 2.56. The van der Waals surface area contributed by atoms with Crippen LogP contribution < -0.4 is 10.5 Å². The van der Waals surface area contributed by atoms with E-state index in [9.17, 15) is 4.79 Å². The van der Waals surface area contributed by atoms with Crippen LogP contribution in [0, 0.1) is 12.8 Å². The van der Waals surface area contributed by atoms with E-state index in [1.807, 2.05) is 6.92 Å². The van der Waals surface area contributed by atoms with Gasteiger partial charge in [0.25, 0.3) is 5.56 Å².